The number of nitrogens with zero attached hydrogens (tertiary/aromatic N) is 2. The molecule has 1 aliphatic heterocycles. The number of fused-ring (bicyclic) bond motifs is 1. The highest BCUT2D eigenvalue weighted by molar-refractivity contribution is 7.07. The van der Waals surface area contributed by atoms with Crippen molar-refractivity contribution in [3.8, 4) is 0 Å². The highest BCUT2D eigenvalue weighted by Gasteiger charge is 2.33. The third-order valence-electron chi connectivity index (χ3n) is 4.89. The van der Waals surface area contributed by atoms with Crippen LogP contribution in [0.5, 0.6) is 0 Å². The Morgan fingerprint density at radius 3 is 2.45 bits per heavy atom. The zero-order chi connectivity index (χ0) is 22.1. The first-order valence-electron chi connectivity index (χ1n) is 9.27. The van der Waals surface area contributed by atoms with Crippen molar-refractivity contribution in [2.45, 2.75) is 13.0 Å². The summed E-state index contributed by atoms with van der Waals surface area (Å²) >= 11 is 1.20. The minimum Gasteiger partial charge on any atom is -0.466 e. The molecule has 4 rings (SSSR count). The Bertz CT molecular complexity index is 1360. The number of allylic oxidation sites excluding steroid dienone is 1. The van der Waals surface area contributed by atoms with E-state index in [2.05, 4.69) is 4.99 Å². The van der Waals surface area contributed by atoms with E-state index in [4.69, 9.17) is 13.9 Å². The quantitative estimate of drug-likeness (QED) is 0.576. The van der Waals surface area contributed by atoms with Crippen LogP contribution in [0.1, 0.15) is 34.6 Å². The lowest BCUT2D eigenvalue weighted by Crippen LogP contribution is -2.39. The van der Waals surface area contributed by atoms with Gasteiger partial charge in [-0.25, -0.2) is 14.6 Å². The molecule has 1 aromatic carbocycles. The molecule has 0 saturated carbocycles. The molecule has 0 aliphatic carbocycles. The summed E-state index contributed by atoms with van der Waals surface area (Å²) in [5.41, 5.74) is 1.39. The Morgan fingerprint density at radius 2 is 1.84 bits per heavy atom. The fraction of sp³-hybridized carbons (Fsp3) is 0.182. The van der Waals surface area contributed by atoms with E-state index in [9.17, 15) is 14.4 Å². The molecule has 0 N–H and O–H groups in total. The lowest BCUT2D eigenvalue weighted by atomic mass is 9.95. The molecule has 31 heavy (non-hydrogen) atoms. The predicted molar refractivity (Wildman–Crippen MR) is 112 cm³/mol. The van der Waals surface area contributed by atoms with Gasteiger partial charge in [0.25, 0.3) is 5.56 Å². The number of carbonyl (C=O) groups excluding carboxylic acids is 2. The van der Waals surface area contributed by atoms with Crippen molar-refractivity contribution >= 4 is 29.4 Å². The molecule has 0 bridgehead atoms. The molecular formula is C22H18N2O6S. The first-order valence-corrected chi connectivity index (χ1v) is 10.1. The molecule has 0 saturated heterocycles. The molecule has 3 aromatic rings. The van der Waals surface area contributed by atoms with Crippen LogP contribution in [-0.4, -0.2) is 30.7 Å². The smallest absolute Gasteiger partial charge is 0.338 e. The van der Waals surface area contributed by atoms with Gasteiger partial charge in [-0.05, 0) is 36.8 Å². The van der Waals surface area contributed by atoms with Crippen LogP contribution in [0.25, 0.3) is 6.08 Å². The second-order valence-corrected chi connectivity index (χ2v) is 7.71. The maximum absolute atomic E-state index is 13.3. The molecule has 0 amide bonds. The summed E-state index contributed by atoms with van der Waals surface area (Å²) in [6.07, 6.45) is 3.16. The minimum atomic E-state index is -0.755. The first-order chi connectivity index (χ1) is 14.9. The predicted octanol–water partition coefficient (Wildman–Crippen LogP) is 1.79. The third kappa shape index (κ3) is 3.64. The summed E-state index contributed by atoms with van der Waals surface area (Å²) in [5.74, 6) is -0.523. The zero-order valence-electron chi connectivity index (χ0n) is 16.9. The molecule has 1 atom stereocenters. The molecule has 1 unspecified atom stereocenters. The number of benzene rings is 1. The number of aromatic nitrogens is 1. The Balaban J connectivity index is 1.94. The van der Waals surface area contributed by atoms with E-state index >= 15 is 0 Å². The van der Waals surface area contributed by atoms with Crippen molar-refractivity contribution in [3.05, 3.63) is 90.5 Å². The van der Waals surface area contributed by atoms with Crippen molar-refractivity contribution in [2.24, 2.45) is 4.99 Å². The monoisotopic (exact) mass is 438 g/mol. The van der Waals surface area contributed by atoms with Crippen molar-refractivity contribution in [1.29, 1.82) is 0 Å². The van der Waals surface area contributed by atoms with Gasteiger partial charge in [-0.2, -0.15) is 0 Å². The van der Waals surface area contributed by atoms with Crippen molar-refractivity contribution in [1.82, 2.24) is 4.57 Å². The van der Waals surface area contributed by atoms with Gasteiger partial charge in [0.1, 0.15) is 5.76 Å². The van der Waals surface area contributed by atoms with Crippen molar-refractivity contribution < 1.29 is 23.5 Å². The third-order valence-corrected chi connectivity index (χ3v) is 5.87. The van der Waals surface area contributed by atoms with Gasteiger partial charge in [-0.15, -0.1) is 0 Å². The van der Waals surface area contributed by atoms with Crippen LogP contribution >= 0.6 is 11.3 Å². The zero-order valence-corrected chi connectivity index (χ0v) is 17.8. The van der Waals surface area contributed by atoms with Crippen LogP contribution in [0.3, 0.4) is 0 Å². The highest BCUT2D eigenvalue weighted by Crippen LogP contribution is 2.30. The molecule has 8 nitrogen and oxygen atoms in total. The summed E-state index contributed by atoms with van der Waals surface area (Å²) in [4.78, 5) is 42.6. The van der Waals surface area contributed by atoms with Crippen LogP contribution in [0, 0.1) is 0 Å². The van der Waals surface area contributed by atoms with Crippen molar-refractivity contribution in [2.75, 3.05) is 14.2 Å². The number of rotatable bonds is 4. The van der Waals surface area contributed by atoms with Crippen LogP contribution in [-0.2, 0) is 14.3 Å². The minimum absolute atomic E-state index is 0.255. The molecule has 9 heteroatoms. The first kappa shape index (κ1) is 20.5. The molecule has 1 aliphatic rings. The fourth-order valence-corrected chi connectivity index (χ4v) is 4.46. The van der Waals surface area contributed by atoms with Crippen molar-refractivity contribution in [3.63, 3.8) is 0 Å². The van der Waals surface area contributed by atoms with Gasteiger partial charge >= 0.3 is 11.9 Å². The normalized spacial score (nSPS) is 16.0. The largest absolute Gasteiger partial charge is 0.466 e. The molecular weight excluding hydrogens is 420 g/mol. The number of furan rings is 1. The number of hydrogen-bond acceptors (Lipinski definition) is 8. The van der Waals surface area contributed by atoms with Crippen LogP contribution in [0.15, 0.2) is 68.1 Å². The number of carbonyl (C=O) groups is 2. The number of hydrogen-bond donors (Lipinski definition) is 0. The fourth-order valence-electron chi connectivity index (χ4n) is 3.43. The Morgan fingerprint density at radius 1 is 1.13 bits per heavy atom. The van der Waals surface area contributed by atoms with Gasteiger partial charge in [0, 0.05) is 6.08 Å². The van der Waals surface area contributed by atoms with Gasteiger partial charge in [0.2, 0.25) is 0 Å². The van der Waals surface area contributed by atoms with Crippen LogP contribution in [0.4, 0.5) is 0 Å². The SMILES string of the molecule is COC(=O)C1=C(C)N=c2sc(=Cc3ccco3)c(=O)n2C1c1ccc(C(=O)OC)cc1. The lowest BCUT2D eigenvalue weighted by molar-refractivity contribution is -0.136. The van der Waals surface area contributed by atoms with Crippen LogP contribution < -0.4 is 14.9 Å². The van der Waals surface area contributed by atoms with E-state index in [1.54, 1.807) is 49.4 Å². The highest BCUT2D eigenvalue weighted by atomic mass is 32.1. The molecule has 0 spiro atoms. The lowest BCUT2D eigenvalue weighted by Gasteiger charge is -2.24. The number of methoxy groups -OCH3 is 2. The maximum Gasteiger partial charge on any atom is 0.338 e. The van der Waals surface area contributed by atoms with E-state index in [-0.39, 0.29) is 11.1 Å². The van der Waals surface area contributed by atoms with Gasteiger partial charge in [0.05, 0.1) is 47.9 Å². The average Bonchev–Trinajstić information content (AvgIpc) is 3.40. The van der Waals surface area contributed by atoms with E-state index in [1.165, 1.54) is 36.4 Å². The van der Waals surface area contributed by atoms with Crippen LogP contribution in [0.2, 0.25) is 0 Å². The second-order valence-electron chi connectivity index (χ2n) is 6.70. The van der Waals surface area contributed by atoms with Gasteiger partial charge in [-0.3, -0.25) is 9.36 Å². The van der Waals surface area contributed by atoms with E-state index in [1.807, 2.05) is 0 Å². The average molecular weight is 438 g/mol. The van der Waals surface area contributed by atoms with Gasteiger partial charge in [-0.1, -0.05) is 23.5 Å². The topological polar surface area (TPSA) is 100 Å². The molecule has 3 heterocycles. The number of thiazole rings is 1. The standard InChI is InChI=1S/C22H18N2O6S/c1-12-17(21(27)29-3)18(13-6-8-14(9-7-13)20(26)28-2)24-19(25)16(31-22(24)23-12)11-15-5-4-10-30-15/h4-11,18H,1-3H3. The Labute approximate surface area is 180 Å². The summed E-state index contributed by atoms with van der Waals surface area (Å²) in [5, 5.41) is 0. The van der Waals surface area contributed by atoms with Gasteiger partial charge in [0.15, 0.2) is 4.80 Å². The molecule has 0 fully saturated rings. The molecule has 158 valence electrons. The summed E-state index contributed by atoms with van der Waals surface area (Å²) < 4.78 is 16.9. The Hall–Kier alpha value is -3.72. The maximum atomic E-state index is 13.3. The molecule has 2 aromatic heterocycles. The van der Waals surface area contributed by atoms with Gasteiger partial charge < -0.3 is 13.9 Å². The summed E-state index contributed by atoms with van der Waals surface area (Å²) in [6.45, 7) is 1.70. The van der Waals surface area contributed by atoms with E-state index < -0.39 is 18.0 Å². The number of ether oxygens (including phenoxy) is 2. The summed E-state index contributed by atoms with van der Waals surface area (Å²) in [6, 6.07) is 9.26. The Kier molecular flexibility index (Phi) is 5.43. The summed E-state index contributed by atoms with van der Waals surface area (Å²) in [7, 11) is 2.58. The molecule has 0 radical (unpaired) electrons. The second kappa shape index (κ2) is 8.19. The van der Waals surface area contributed by atoms with E-state index in [0.29, 0.717) is 31.9 Å². The van der Waals surface area contributed by atoms with E-state index in [0.717, 1.165) is 0 Å². The number of esters is 2.